The highest BCUT2D eigenvalue weighted by Crippen LogP contribution is 2.36. The molecule has 0 saturated heterocycles. The molecule has 1 aliphatic rings. The minimum atomic E-state index is 0.170. The molecule has 22 heavy (non-hydrogen) atoms. The molecule has 1 aromatic heterocycles. The SMILES string of the molecule is CC(C)(C)C1=Cc2c([nH]c3ccc(C(C)(C)C)cc23)CC=C1. The third-order valence-electron chi connectivity index (χ3n) is 4.57. The number of benzene rings is 1. The topological polar surface area (TPSA) is 15.8 Å². The van der Waals surface area contributed by atoms with Crippen molar-refractivity contribution >= 4 is 17.0 Å². The molecule has 0 amide bonds. The lowest BCUT2D eigenvalue weighted by Crippen LogP contribution is -2.10. The van der Waals surface area contributed by atoms with Gasteiger partial charge >= 0.3 is 0 Å². The van der Waals surface area contributed by atoms with E-state index in [1.54, 1.807) is 0 Å². The van der Waals surface area contributed by atoms with Gasteiger partial charge < -0.3 is 4.98 Å². The summed E-state index contributed by atoms with van der Waals surface area (Å²) >= 11 is 0. The van der Waals surface area contributed by atoms with Crippen LogP contribution in [0.2, 0.25) is 0 Å². The monoisotopic (exact) mass is 293 g/mol. The zero-order valence-corrected chi connectivity index (χ0v) is 14.7. The van der Waals surface area contributed by atoms with Crippen LogP contribution in [0.3, 0.4) is 0 Å². The molecule has 0 atom stereocenters. The number of aromatic nitrogens is 1. The molecule has 2 aromatic rings. The number of H-pyrrole nitrogens is 1. The number of nitrogens with one attached hydrogen (secondary N) is 1. The van der Waals surface area contributed by atoms with Gasteiger partial charge in [0.1, 0.15) is 0 Å². The molecule has 1 heteroatoms. The fourth-order valence-electron chi connectivity index (χ4n) is 3.03. The zero-order valence-electron chi connectivity index (χ0n) is 14.7. The molecule has 3 rings (SSSR count). The van der Waals surface area contributed by atoms with Gasteiger partial charge in [-0.1, -0.05) is 59.8 Å². The summed E-state index contributed by atoms with van der Waals surface area (Å²) in [5.74, 6) is 0. The lowest BCUT2D eigenvalue weighted by Gasteiger charge is -2.20. The highest BCUT2D eigenvalue weighted by molar-refractivity contribution is 5.92. The number of allylic oxidation sites excluding steroid dienone is 3. The number of rotatable bonds is 0. The maximum Gasteiger partial charge on any atom is 0.0462 e. The van der Waals surface area contributed by atoms with Gasteiger partial charge in [-0.3, -0.25) is 0 Å². The summed E-state index contributed by atoms with van der Waals surface area (Å²) in [5, 5.41) is 1.35. The predicted octanol–water partition coefficient (Wildman–Crippen LogP) is 6.01. The van der Waals surface area contributed by atoms with E-state index in [9.17, 15) is 0 Å². The summed E-state index contributed by atoms with van der Waals surface area (Å²) in [7, 11) is 0. The van der Waals surface area contributed by atoms with Crippen molar-refractivity contribution in [3.05, 3.63) is 52.7 Å². The van der Waals surface area contributed by atoms with Gasteiger partial charge in [0, 0.05) is 28.6 Å². The van der Waals surface area contributed by atoms with Crippen molar-refractivity contribution in [1.82, 2.24) is 4.98 Å². The Hall–Kier alpha value is -1.76. The van der Waals surface area contributed by atoms with E-state index in [0.29, 0.717) is 0 Å². The normalized spacial score (nSPS) is 15.6. The number of hydrogen-bond acceptors (Lipinski definition) is 0. The first kappa shape index (κ1) is 15.1. The molecule has 0 radical (unpaired) electrons. The van der Waals surface area contributed by atoms with Crippen LogP contribution in [0.5, 0.6) is 0 Å². The Bertz CT molecular complexity index is 771. The third kappa shape index (κ3) is 2.65. The van der Waals surface area contributed by atoms with Crippen molar-refractivity contribution in [2.75, 3.05) is 0 Å². The van der Waals surface area contributed by atoms with Crippen molar-refractivity contribution < 1.29 is 0 Å². The highest BCUT2D eigenvalue weighted by atomic mass is 14.7. The van der Waals surface area contributed by atoms with Crippen molar-refractivity contribution in [3.63, 3.8) is 0 Å². The number of fused-ring (bicyclic) bond motifs is 3. The predicted molar refractivity (Wildman–Crippen MR) is 97.3 cm³/mol. The highest BCUT2D eigenvalue weighted by Gasteiger charge is 2.20. The maximum atomic E-state index is 3.61. The van der Waals surface area contributed by atoms with Crippen LogP contribution in [0, 0.1) is 5.41 Å². The molecule has 1 nitrogen and oxygen atoms in total. The van der Waals surface area contributed by atoms with Crippen LogP contribution in [-0.2, 0) is 11.8 Å². The van der Waals surface area contributed by atoms with E-state index in [0.717, 1.165) is 6.42 Å². The summed E-state index contributed by atoms with van der Waals surface area (Å²) in [5.41, 5.74) is 7.09. The van der Waals surface area contributed by atoms with Gasteiger partial charge in [-0.15, -0.1) is 0 Å². The quantitative estimate of drug-likeness (QED) is 0.612. The molecule has 0 fully saturated rings. The van der Waals surface area contributed by atoms with Gasteiger partial charge in [0.2, 0.25) is 0 Å². The van der Waals surface area contributed by atoms with Crippen molar-refractivity contribution in [2.24, 2.45) is 5.41 Å². The minimum absolute atomic E-state index is 0.170. The van der Waals surface area contributed by atoms with Gasteiger partial charge in [0.25, 0.3) is 0 Å². The van der Waals surface area contributed by atoms with Crippen LogP contribution in [0.15, 0.2) is 35.9 Å². The Labute approximate surface area is 134 Å². The largest absolute Gasteiger partial charge is 0.358 e. The maximum absolute atomic E-state index is 3.61. The molecule has 0 aliphatic heterocycles. The molecular weight excluding hydrogens is 266 g/mol. The Morgan fingerprint density at radius 3 is 2.32 bits per heavy atom. The molecule has 0 spiro atoms. The molecule has 1 aliphatic carbocycles. The van der Waals surface area contributed by atoms with Crippen LogP contribution in [-0.4, -0.2) is 4.98 Å². The Kier molecular flexibility index (Phi) is 3.36. The summed E-state index contributed by atoms with van der Waals surface area (Å²) in [6, 6.07) is 6.86. The number of aromatic amines is 1. The minimum Gasteiger partial charge on any atom is -0.358 e. The molecular formula is C21H27N. The van der Waals surface area contributed by atoms with Gasteiger partial charge in [-0.25, -0.2) is 0 Å². The summed E-state index contributed by atoms with van der Waals surface area (Å²) in [6.45, 7) is 13.7. The van der Waals surface area contributed by atoms with E-state index in [2.05, 4.69) is 83.0 Å². The van der Waals surface area contributed by atoms with Gasteiger partial charge in [0.15, 0.2) is 0 Å². The average Bonchev–Trinajstić information content (AvgIpc) is 2.59. The standard InChI is InChI=1S/C21H27N/c1-20(2,3)14-8-7-9-18-16(12-14)17-13-15(21(4,5)6)10-11-19(17)22-18/h7-8,10-13,22H,9H2,1-6H3. The van der Waals surface area contributed by atoms with E-state index >= 15 is 0 Å². The first-order valence-corrected chi connectivity index (χ1v) is 8.20. The Morgan fingerprint density at radius 2 is 1.68 bits per heavy atom. The smallest absolute Gasteiger partial charge is 0.0462 e. The summed E-state index contributed by atoms with van der Waals surface area (Å²) < 4.78 is 0. The first-order valence-electron chi connectivity index (χ1n) is 8.20. The first-order chi connectivity index (χ1) is 10.2. The lowest BCUT2D eigenvalue weighted by atomic mass is 9.84. The lowest BCUT2D eigenvalue weighted by molar-refractivity contribution is 0.520. The molecule has 116 valence electrons. The van der Waals surface area contributed by atoms with E-state index in [1.807, 2.05) is 0 Å². The second-order valence-electron chi connectivity index (χ2n) is 8.48. The molecule has 1 aromatic carbocycles. The molecule has 0 saturated carbocycles. The Morgan fingerprint density at radius 1 is 0.955 bits per heavy atom. The van der Waals surface area contributed by atoms with Crippen LogP contribution in [0.25, 0.3) is 17.0 Å². The number of hydrogen-bond donors (Lipinski definition) is 1. The zero-order chi connectivity index (χ0) is 16.1. The van der Waals surface area contributed by atoms with Gasteiger partial charge in [0.05, 0.1) is 0 Å². The molecule has 0 bridgehead atoms. The van der Waals surface area contributed by atoms with Crippen molar-refractivity contribution in [3.8, 4) is 0 Å². The third-order valence-corrected chi connectivity index (χ3v) is 4.57. The van der Waals surface area contributed by atoms with Crippen LogP contribution in [0.4, 0.5) is 0 Å². The molecule has 0 unspecified atom stereocenters. The van der Waals surface area contributed by atoms with Crippen LogP contribution in [0.1, 0.15) is 58.4 Å². The van der Waals surface area contributed by atoms with Crippen molar-refractivity contribution in [1.29, 1.82) is 0 Å². The van der Waals surface area contributed by atoms with Crippen LogP contribution < -0.4 is 0 Å². The fourth-order valence-corrected chi connectivity index (χ4v) is 3.03. The fraction of sp³-hybridized carbons (Fsp3) is 0.429. The van der Waals surface area contributed by atoms with E-state index < -0.39 is 0 Å². The summed E-state index contributed by atoms with van der Waals surface area (Å²) in [6.07, 6.45) is 7.92. The van der Waals surface area contributed by atoms with E-state index in [-0.39, 0.29) is 10.8 Å². The van der Waals surface area contributed by atoms with E-state index in [1.165, 1.54) is 33.3 Å². The summed E-state index contributed by atoms with van der Waals surface area (Å²) in [4.78, 5) is 3.61. The second kappa shape index (κ2) is 4.87. The average molecular weight is 293 g/mol. The van der Waals surface area contributed by atoms with Crippen molar-refractivity contribution in [2.45, 2.75) is 53.4 Å². The van der Waals surface area contributed by atoms with E-state index in [4.69, 9.17) is 0 Å². The Balaban J connectivity index is 2.24. The second-order valence-corrected chi connectivity index (χ2v) is 8.48. The van der Waals surface area contributed by atoms with Crippen LogP contribution >= 0.6 is 0 Å². The molecule has 1 N–H and O–H groups in total. The van der Waals surface area contributed by atoms with Gasteiger partial charge in [-0.05, 0) is 40.2 Å². The molecule has 1 heterocycles. The van der Waals surface area contributed by atoms with Gasteiger partial charge in [-0.2, -0.15) is 0 Å².